The highest BCUT2D eigenvalue weighted by molar-refractivity contribution is 8.77. The van der Waals surface area contributed by atoms with E-state index in [1.807, 2.05) is 36.9 Å². The minimum Gasteiger partial charge on any atom is -0.481 e. The quantitative estimate of drug-likeness (QED) is 0.0797. The standard InChI is InChI=1S/C43H52N4O8S2/c1-5-23(2)40(51)55-42(3)10-8-25-22-56-57-35-7-6-32(45-4)31-20-47(39(31)35)37(50)15-29-19-46-36(44)16-30(29)38(25)43(42)18-28-14-26-13-27(12-24(21-49)9-11-48)41(52)53-33(26)17-34(28)54-43/h5,8,13-14,16-17,19,24,31-32,35,38-39,45,48-49H,6-7,9-12,15,18,20-22H2,1-4H3,(H2,44,46). The Morgan fingerprint density at radius 2 is 2.04 bits per heavy atom. The molecule has 5 N–H and O–H groups in total. The molecule has 5 heterocycles. The summed E-state index contributed by atoms with van der Waals surface area (Å²) in [5.74, 6) is 0.730. The first-order valence-electron chi connectivity index (χ1n) is 20.0. The largest absolute Gasteiger partial charge is 0.481 e. The van der Waals surface area contributed by atoms with Crippen LogP contribution in [0.15, 0.2) is 63.0 Å². The zero-order chi connectivity index (χ0) is 40.2. The normalized spacial score (nSPS) is 30.1. The molecule has 304 valence electrons. The average Bonchev–Trinajstić information content (AvgIpc) is 3.55. The Morgan fingerprint density at radius 1 is 1.21 bits per heavy atom. The Labute approximate surface area is 340 Å². The van der Waals surface area contributed by atoms with Crippen LogP contribution in [-0.4, -0.2) is 93.1 Å². The molecule has 2 aromatic heterocycles. The second-order valence-electron chi connectivity index (χ2n) is 16.6. The molecular formula is C43H52N4O8S2. The lowest BCUT2D eigenvalue weighted by Crippen LogP contribution is -2.69. The number of anilines is 1. The number of aromatic nitrogens is 1. The molecule has 1 aromatic carbocycles. The van der Waals surface area contributed by atoms with Crippen LogP contribution >= 0.6 is 21.6 Å². The van der Waals surface area contributed by atoms with Gasteiger partial charge in [-0.2, -0.15) is 0 Å². The maximum absolute atomic E-state index is 14.4. The fourth-order valence-corrected chi connectivity index (χ4v) is 13.0. The fourth-order valence-electron chi connectivity index (χ4n) is 9.92. The van der Waals surface area contributed by atoms with Gasteiger partial charge in [-0.25, -0.2) is 14.6 Å². The number of nitrogens with zero attached hydrogens (tertiary/aromatic N) is 2. The molecule has 1 saturated carbocycles. The minimum atomic E-state index is -1.21. The van der Waals surface area contributed by atoms with Crippen LogP contribution in [0, 0.1) is 11.8 Å². The molecule has 1 amide bonds. The Hall–Kier alpha value is -3.82. The monoisotopic (exact) mass is 816 g/mol. The van der Waals surface area contributed by atoms with Crippen molar-refractivity contribution in [1.82, 2.24) is 15.2 Å². The van der Waals surface area contributed by atoms with Gasteiger partial charge < -0.3 is 40.1 Å². The number of nitrogens with one attached hydrogen (secondary N) is 1. The van der Waals surface area contributed by atoms with E-state index < -0.39 is 28.7 Å². The maximum Gasteiger partial charge on any atom is 0.339 e. The predicted octanol–water partition coefficient (Wildman–Crippen LogP) is 4.87. The van der Waals surface area contributed by atoms with Crippen molar-refractivity contribution in [3.05, 3.63) is 86.4 Å². The van der Waals surface area contributed by atoms with Crippen LogP contribution in [0.5, 0.6) is 5.75 Å². The second kappa shape index (κ2) is 15.7. The van der Waals surface area contributed by atoms with Crippen LogP contribution in [0.1, 0.15) is 74.6 Å². The summed E-state index contributed by atoms with van der Waals surface area (Å²) in [6.45, 7) is 5.92. The number of pyridine rings is 1. The first-order chi connectivity index (χ1) is 27.4. The number of carbonyl (C=O) groups is 2. The number of allylic oxidation sites excluding steroid dienone is 1. The number of esters is 1. The Kier molecular flexibility index (Phi) is 11.0. The zero-order valence-electron chi connectivity index (χ0n) is 32.9. The second-order valence-corrected chi connectivity index (χ2v) is 19.2. The van der Waals surface area contributed by atoms with Crippen LogP contribution in [0.3, 0.4) is 0 Å². The van der Waals surface area contributed by atoms with Crippen molar-refractivity contribution >= 4 is 50.3 Å². The van der Waals surface area contributed by atoms with Crippen molar-refractivity contribution in [1.29, 1.82) is 0 Å². The molecule has 1 spiro atoms. The maximum atomic E-state index is 14.4. The molecular weight excluding hydrogens is 765 g/mol. The number of hydrogen-bond donors (Lipinski definition) is 4. The van der Waals surface area contributed by atoms with E-state index in [2.05, 4.69) is 21.3 Å². The van der Waals surface area contributed by atoms with E-state index in [0.717, 1.165) is 41.6 Å². The van der Waals surface area contributed by atoms with E-state index in [9.17, 15) is 24.6 Å². The van der Waals surface area contributed by atoms with E-state index in [-0.39, 0.29) is 43.9 Å². The minimum absolute atomic E-state index is 0.0559. The van der Waals surface area contributed by atoms with Crippen molar-refractivity contribution < 1.29 is 33.7 Å². The lowest BCUT2D eigenvalue weighted by Gasteiger charge is -2.57. The Morgan fingerprint density at radius 3 is 2.79 bits per heavy atom. The highest BCUT2D eigenvalue weighted by atomic mass is 33.1. The molecule has 14 heteroatoms. The lowest BCUT2D eigenvalue weighted by atomic mass is 9.61. The van der Waals surface area contributed by atoms with Crippen molar-refractivity contribution in [3.8, 4) is 5.75 Å². The smallest absolute Gasteiger partial charge is 0.339 e. The van der Waals surface area contributed by atoms with E-state index in [0.29, 0.717) is 75.9 Å². The van der Waals surface area contributed by atoms with Crippen LogP contribution in [-0.2, 0) is 33.6 Å². The number of ether oxygens (including phenoxy) is 2. The molecule has 2 aliphatic carbocycles. The number of aliphatic hydroxyl groups is 2. The van der Waals surface area contributed by atoms with E-state index in [1.165, 1.54) is 0 Å². The summed E-state index contributed by atoms with van der Waals surface area (Å²) in [5.41, 5.74) is 8.33. The van der Waals surface area contributed by atoms with Crippen molar-refractivity contribution in [2.75, 3.05) is 38.3 Å². The van der Waals surface area contributed by atoms with Crippen LogP contribution < -0.4 is 21.4 Å². The molecule has 3 aliphatic heterocycles. The number of nitrogens with two attached hydrogens (primary N) is 1. The SMILES string of the molecule is CC=C(C)C(=O)OC1(C)CC=C2CSSC3CCC(NC)C4CN(C(=O)Cc5cnc(N)cc5C2C12Cc1cc5cc(CC(CO)CCO)c(=O)oc5cc1O2)C34. The summed E-state index contributed by atoms with van der Waals surface area (Å²) in [6.07, 6.45) is 9.21. The van der Waals surface area contributed by atoms with Gasteiger partial charge in [-0.3, -0.25) is 4.79 Å². The molecule has 57 heavy (non-hydrogen) atoms. The van der Waals surface area contributed by atoms with Crippen molar-refractivity contribution in [2.45, 2.75) is 100 Å². The number of aliphatic hydroxyl groups excluding tert-OH is 2. The van der Waals surface area contributed by atoms with Gasteiger partial charge in [0.1, 0.15) is 17.2 Å². The van der Waals surface area contributed by atoms with Gasteiger partial charge in [-0.1, -0.05) is 39.3 Å². The highest BCUT2D eigenvalue weighted by Gasteiger charge is 2.64. The van der Waals surface area contributed by atoms with E-state index >= 15 is 0 Å². The van der Waals surface area contributed by atoms with Gasteiger partial charge >= 0.3 is 11.6 Å². The van der Waals surface area contributed by atoms with Crippen LogP contribution in [0.4, 0.5) is 5.82 Å². The number of benzene rings is 1. The molecule has 3 aromatic rings. The number of rotatable bonds is 8. The first-order valence-corrected chi connectivity index (χ1v) is 22.4. The molecule has 8 atom stereocenters. The lowest BCUT2D eigenvalue weighted by molar-refractivity contribution is -0.183. The molecule has 8 unspecified atom stereocenters. The van der Waals surface area contributed by atoms with Gasteiger partial charge in [0.25, 0.3) is 0 Å². The zero-order valence-corrected chi connectivity index (χ0v) is 34.5. The highest BCUT2D eigenvalue weighted by Crippen LogP contribution is 2.59. The number of carbonyl (C=O) groups excluding carboxylic acids is 2. The third kappa shape index (κ3) is 6.98. The van der Waals surface area contributed by atoms with Gasteiger partial charge in [-0.05, 0) is 94.3 Å². The predicted molar refractivity (Wildman–Crippen MR) is 222 cm³/mol. The number of nitrogen functional groups attached to an aromatic ring is 1. The van der Waals surface area contributed by atoms with Crippen LogP contribution in [0.2, 0.25) is 0 Å². The Balaban J connectivity index is 1.26. The third-order valence-electron chi connectivity index (χ3n) is 13.3. The van der Waals surface area contributed by atoms with Crippen LogP contribution in [0.25, 0.3) is 11.0 Å². The van der Waals surface area contributed by atoms with E-state index in [4.69, 9.17) is 19.6 Å². The van der Waals surface area contributed by atoms with Gasteiger partial charge in [0, 0.05) is 84.3 Å². The molecule has 0 bridgehead atoms. The topological polar surface area (TPSA) is 177 Å². The summed E-state index contributed by atoms with van der Waals surface area (Å²) >= 11 is 0. The molecule has 12 nitrogen and oxygen atoms in total. The first kappa shape index (κ1) is 40.0. The molecule has 0 radical (unpaired) electrons. The van der Waals surface area contributed by atoms with Crippen molar-refractivity contribution in [2.24, 2.45) is 11.8 Å². The molecule has 5 aliphatic rings. The molecule has 8 rings (SSSR count). The molecule has 1 saturated heterocycles. The number of fused-ring (bicyclic) bond motifs is 6. The summed E-state index contributed by atoms with van der Waals surface area (Å²) in [6, 6.07) is 7.91. The Bertz CT molecular complexity index is 2210. The summed E-state index contributed by atoms with van der Waals surface area (Å²) in [4.78, 5) is 47.9. The fraction of sp³-hybridized carbons (Fsp3) is 0.535. The van der Waals surface area contributed by atoms with Gasteiger partial charge in [0.2, 0.25) is 5.91 Å². The van der Waals surface area contributed by atoms with Gasteiger partial charge in [-0.15, -0.1) is 0 Å². The summed E-state index contributed by atoms with van der Waals surface area (Å²) in [7, 11) is 5.69. The average molecular weight is 817 g/mol. The summed E-state index contributed by atoms with van der Waals surface area (Å²) in [5, 5.41) is 23.9. The number of amides is 1. The molecule has 2 fully saturated rings. The van der Waals surface area contributed by atoms with Gasteiger partial charge in [0.05, 0.1) is 18.4 Å². The van der Waals surface area contributed by atoms with Crippen molar-refractivity contribution in [3.63, 3.8) is 0 Å². The summed E-state index contributed by atoms with van der Waals surface area (Å²) < 4.78 is 19.7. The third-order valence-corrected chi connectivity index (χ3v) is 16.1. The number of hydrogen-bond acceptors (Lipinski definition) is 13. The van der Waals surface area contributed by atoms with Gasteiger partial charge in [0.15, 0.2) is 11.2 Å². The van der Waals surface area contributed by atoms with E-state index in [1.54, 1.807) is 49.0 Å².